The molecule has 1 aliphatic rings. The number of rotatable bonds is 5. The fraction of sp³-hybridized carbons (Fsp3) is 0.562. The fourth-order valence-corrected chi connectivity index (χ4v) is 2.95. The molecule has 1 atom stereocenters. The first kappa shape index (κ1) is 15.5. The molecule has 0 saturated carbocycles. The Balaban J connectivity index is 2.00. The molecule has 1 fully saturated rings. The first-order valence-corrected chi connectivity index (χ1v) is 7.63. The average Bonchev–Trinajstić information content (AvgIpc) is 2.46. The Morgan fingerprint density at radius 1 is 1.35 bits per heavy atom. The predicted molar refractivity (Wildman–Crippen MR) is 83.4 cm³/mol. The Kier molecular flexibility index (Phi) is 5.58. The number of hydrogen-bond acceptors (Lipinski definition) is 3. The minimum atomic E-state index is -0.0431. The molecule has 1 N–H and O–H groups in total. The molecule has 0 spiro atoms. The number of halogens is 1. The second kappa shape index (κ2) is 7.21. The molecule has 1 heterocycles. The van der Waals surface area contributed by atoms with E-state index in [4.69, 9.17) is 11.6 Å². The third-order valence-electron chi connectivity index (χ3n) is 4.20. The van der Waals surface area contributed by atoms with E-state index in [9.17, 15) is 4.79 Å². The van der Waals surface area contributed by atoms with Gasteiger partial charge in [-0.25, -0.2) is 0 Å². The first-order valence-electron chi connectivity index (χ1n) is 7.25. The van der Waals surface area contributed by atoms with Gasteiger partial charge in [-0.3, -0.25) is 4.79 Å². The number of ketones is 1. The Morgan fingerprint density at radius 3 is 2.45 bits per heavy atom. The molecular formula is C16H23ClN2O. The Labute approximate surface area is 126 Å². The molecule has 0 radical (unpaired) electrons. The number of benzene rings is 1. The number of carbonyl (C=O) groups excluding carboxylic acids is 1. The maximum Gasteiger partial charge on any atom is 0.138 e. The van der Waals surface area contributed by atoms with Gasteiger partial charge in [-0.2, -0.15) is 0 Å². The largest absolute Gasteiger partial charge is 0.317 e. The van der Waals surface area contributed by atoms with Crippen molar-refractivity contribution >= 4 is 17.4 Å². The van der Waals surface area contributed by atoms with Crippen LogP contribution in [0.3, 0.4) is 0 Å². The van der Waals surface area contributed by atoms with Gasteiger partial charge in [0.2, 0.25) is 0 Å². The van der Waals surface area contributed by atoms with Gasteiger partial charge >= 0.3 is 0 Å². The van der Waals surface area contributed by atoms with E-state index < -0.39 is 0 Å². The van der Waals surface area contributed by atoms with Gasteiger partial charge in [0.15, 0.2) is 0 Å². The third-order valence-corrected chi connectivity index (χ3v) is 4.45. The zero-order valence-corrected chi connectivity index (χ0v) is 13.0. The van der Waals surface area contributed by atoms with Crippen molar-refractivity contribution < 1.29 is 4.79 Å². The zero-order valence-electron chi connectivity index (χ0n) is 12.2. The summed E-state index contributed by atoms with van der Waals surface area (Å²) < 4.78 is 0. The van der Waals surface area contributed by atoms with Gasteiger partial charge in [-0.1, -0.05) is 23.7 Å². The smallest absolute Gasteiger partial charge is 0.138 e. The number of hydrogen-bond donors (Lipinski definition) is 1. The highest BCUT2D eigenvalue weighted by Gasteiger charge is 2.24. The van der Waals surface area contributed by atoms with Crippen molar-refractivity contribution in [2.24, 2.45) is 0 Å². The van der Waals surface area contributed by atoms with Gasteiger partial charge in [-0.05, 0) is 57.6 Å². The lowest BCUT2D eigenvalue weighted by molar-refractivity contribution is -0.118. The molecule has 1 aromatic rings. The normalized spacial score (nSPS) is 18.9. The van der Waals surface area contributed by atoms with Crippen molar-refractivity contribution in [3.8, 4) is 0 Å². The van der Waals surface area contributed by atoms with Crippen molar-refractivity contribution in [1.29, 1.82) is 0 Å². The van der Waals surface area contributed by atoms with E-state index in [1.807, 2.05) is 31.3 Å². The summed E-state index contributed by atoms with van der Waals surface area (Å²) in [6.45, 7) is 4.61. The van der Waals surface area contributed by atoms with Crippen molar-refractivity contribution in [2.45, 2.75) is 31.7 Å². The summed E-state index contributed by atoms with van der Waals surface area (Å²) in [6.07, 6.45) is 2.31. The summed E-state index contributed by atoms with van der Waals surface area (Å²) in [5.41, 5.74) is 1.07. The second-order valence-electron chi connectivity index (χ2n) is 5.58. The van der Waals surface area contributed by atoms with E-state index in [2.05, 4.69) is 10.2 Å². The number of nitrogens with one attached hydrogen (secondary N) is 1. The monoisotopic (exact) mass is 294 g/mol. The summed E-state index contributed by atoms with van der Waals surface area (Å²) >= 11 is 5.92. The molecule has 1 aromatic carbocycles. The Hall–Kier alpha value is -0.900. The molecule has 0 bridgehead atoms. The van der Waals surface area contributed by atoms with Crippen LogP contribution in [0.25, 0.3) is 0 Å². The minimum absolute atomic E-state index is 0.0431. The van der Waals surface area contributed by atoms with Crippen LogP contribution in [0.5, 0.6) is 0 Å². The molecule has 1 saturated heterocycles. The highest BCUT2D eigenvalue weighted by Crippen LogP contribution is 2.22. The zero-order chi connectivity index (χ0) is 14.5. The molecule has 20 heavy (non-hydrogen) atoms. The molecular weight excluding hydrogens is 272 g/mol. The van der Waals surface area contributed by atoms with Gasteiger partial charge in [0.05, 0.1) is 5.92 Å². The molecule has 1 unspecified atom stereocenters. The van der Waals surface area contributed by atoms with Crippen LogP contribution in [0.2, 0.25) is 5.02 Å². The molecule has 4 heteroatoms. The number of piperidine rings is 1. The summed E-state index contributed by atoms with van der Waals surface area (Å²) in [5, 5.41) is 4.04. The van der Waals surface area contributed by atoms with Crippen LogP contribution in [0.15, 0.2) is 24.3 Å². The summed E-state index contributed by atoms with van der Waals surface area (Å²) in [6, 6.07) is 8.28. The summed E-state index contributed by atoms with van der Waals surface area (Å²) in [7, 11) is 2.02. The molecule has 0 aliphatic carbocycles. The topological polar surface area (TPSA) is 32.3 Å². The number of carbonyl (C=O) groups is 1. The Bertz CT molecular complexity index is 438. The van der Waals surface area contributed by atoms with Gasteiger partial charge < -0.3 is 10.2 Å². The van der Waals surface area contributed by atoms with E-state index in [0.717, 1.165) is 38.0 Å². The maximum absolute atomic E-state index is 12.0. The van der Waals surface area contributed by atoms with Crippen LogP contribution in [0.4, 0.5) is 0 Å². The maximum atomic E-state index is 12.0. The molecule has 2 rings (SSSR count). The lowest BCUT2D eigenvalue weighted by Crippen LogP contribution is -2.43. The van der Waals surface area contributed by atoms with Gasteiger partial charge in [0, 0.05) is 17.6 Å². The van der Waals surface area contributed by atoms with Gasteiger partial charge in [0.1, 0.15) is 5.78 Å². The molecule has 0 aromatic heterocycles. The molecule has 3 nitrogen and oxygen atoms in total. The van der Waals surface area contributed by atoms with Crippen molar-refractivity contribution in [2.75, 3.05) is 26.7 Å². The standard InChI is InChI=1S/C16H23ClN2O/c1-12(20)16(13-3-5-14(17)6-4-13)11-19-9-7-15(18-2)8-10-19/h3-6,15-16,18H,7-11H2,1-2H3. The predicted octanol–water partition coefficient (Wildman–Crippen LogP) is 2.70. The van der Waals surface area contributed by atoms with E-state index in [0.29, 0.717) is 11.1 Å². The van der Waals surface area contributed by atoms with E-state index in [1.165, 1.54) is 0 Å². The minimum Gasteiger partial charge on any atom is -0.317 e. The van der Waals surface area contributed by atoms with Crippen LogP contribution in [0, 0.1) is 0 Å². The molecule has 110 valence electrons. The SMILES string of the molecule is CNC1CCN(CC(C(C)=O)c2ccc(Cl)cc2)CC1. The van der Waals surface area contributed by atoms with E-state index >= 15 is 0 Å². The van der Waals surface area contributed by atoms with E-state index in [-0.39, 0.29) is 11.7 Å². The quantitative estimate of drug-likeness (QED) is 0.906. The summed E-state index contributed by atoms with van der Waals surface area (Å²) in [5.74, 6) is 0.182. The van der Waals surface area contributed by atoms with Gasteiger partial charge in [-0.15, -0.1) is 0 Å². The van der Waals surface area contributed by atoms with Crippen LogP contribution in [-0.4, -0.2) is 43.4 Å². The van der Waals surface area contributed by atoms with Crippen LogP contribution < -0.4 is 5.32 Å². The highest BCUT2D eigenvalue weighted by atomic mass is 35.5. The van der Waals surface area contributed by atoms with Crippen LogP contribution in [0.1, 0.15) is 31.2 Å². The lowest BCUT2D eigenvalue weighted by atomic mass is 9.93. The third kappa shape index (κ3) is 4.05. The number of Topliss-reactive ketones (excluding diaryl/α,β-unsaturated/α-hetero) is 1. The van der Waals surface area contributed by atoms with Crippen molar-refractivity contribution in [3.05, 3.63) is 34.9 Å². The average molecular weight is 295 g/mol. The Morgan fingerprint density at radius 2 is 1.95 bits per heavy atom. The first-order chi connectivity index (χ1) is 9.60. The van der Waals surface area contributed by atoms with Crippen molar-refractivity contribution in [1.82, 2.24) is 10.2 Å². The second-order valence-corrected chi connectivity index (χ2v) is 6.01. The molecule has 0 amide bonds. The van der Waals surface area contributed by atoms with Crippen LogP contribution in [-0.2, 0) is 4.79 Å². The number of nitrogens with zero attached hydrogens (tertiary/aromatic N) is 1. The van der Waals surface area contributed by atoms with Crippen molar-refractivity contribution in [3.63, 3.8) is 0 Å². The van der Waals surface area contributed by atoms with Crippen LogP contribution >= 0.6 is 11.6 Å². The molecule has 1 aliphatic heterocycles. The highest BCUT2D eigenvalue weighted by molar-refractivity contribution is 6.30. The van der Waals surface area contributed by atoms with E-state index in [1.54, 1.807) is 6.92 Å². The van der Waals surface area contributed by atoms with Gasteiger partial charge in [0.25, 0.3) is 0 Å². The lowest BCUT2D eigenvalue weighted by Gasteiger charge is -2.33. The number of likely N-dealkylation sites (tertiary alicyclic amines) is 1. The summed E-state index contributed by atoms with van der Waals surface area (Å²) in [4.78, 5) is 14.3. The fourth-order valence-electron chi connectivity index (χ4n) is 2.83.